The molecule has 3 nitrogen and oxygen atoms in total. The Kier molecular flexibility index (Phi) is 4.80. The molecule has 1 aliphatic rings. The Bertz CT molecular complexity index is 266. The lowest BCUT2D eigenvalue weighted by atomic mass is 10.1. The summed E-state index contributed by atoms with van der Waals surface area (Å²) in [7, 11) is 0. The molecular formula is C11H19F3N2O. The van der Waals surface area contributed by atoms with Crippen molar-refractivity contribution >= 4 is 5.91 Å². The van der Waals surface area contributed by atoms with E-state index in [1.165, 1.54) is 0 Å². The van der Waals surface area contributed by atoms with E-state index in [-0.39, 0.29) is 24.4 Å². The van der Waals surface area contributed by atoms with Crippen molar-refractivity contribution in [3.63, 3.8) is 0 Å². The van der Waals surface area contributed by atoms with Crippen LogP contribution < -0.4 is 5.32 Å². The number of unbranched alkanes of at least 4 members (excludes halogenated alkanes) is 1. The summed E-state index contributed by atoms with van der Waals surface area (Å²) in [4.78, 5) is 13.2. The highest BCUT2D eigenvalue weighted by Crippen LogP contribution is 2.23. The molecule has 100 valence electrons. The molecule has 1 heterocycles. The molecule has 0 aromatic rings. The first-order valence-electron chi connectivity index (χ1n) is 5.91. The summed E-state index contributed by atoms with van der Waals surface area (Å²) in [6.07, 6.45) is -4.42. The number of halogens is 3. The number of nitrogens with one attached hydrogen (secondary N) is 1. The molecule has 1 saturated heterocycles. The van der Waals surface area contributed by atoms with Crippen molar-refractivity contribution < 1.29 is 18.0 Å². The van der Waals surface area contributed by atoms with Crippen LogP contribution in [0, 0.1) is 5.92 Å². The number of amides is 1. The van der Waals surface area contributed by atoms with E-state index in [1.54, 1.807) is 4.90 Å². The first kappa shape index (κ1) is 14.3. The van der Waals surface area contributed by atoms with Gasteiger partial charge in [-0.05, 0) is 18.8 Å². The number of rotatable bonds is 5. The van der Waals surface area contributed by atoms with E-state index in [4.69, 9.17) is 0 Å². The van der Waals surface area contributed by atoms with Crippen LogP contribution in [0.1, 0.15) is 33.1 Å². The zero-order chi connectivity index (χ0) is 13.1. The Labute approximate surface area is 99.4 Å². The predicted molar refractivity (Wildman–Crippen MR) is 58.2 cm³/mol. The predicted octanol–water partition coefficient (Wildman–Crippen LogP) is 2.13. The molecule has 0 radical (unpaired) electrons. The van der Waals surface area contributed by atoms with Gasteiger partial charge in [0.2, 0.25) is 5.91 Å². The van der Waals surface area contributed by atoms with E-state index in [0.29, 0.717) is 19.5 Å². The number of nitrogens with zero attached hydrogens (tertiary/aromatic N) is 1. The van der Waals surface area contributed by atoms with E-state index in [9.17, 15) is 18.0 Å². The van der Waals surface area contributed by atoms with Gasteiger partial charge in [-0.3, -0.25) is 10.1 Å². The van der Waals surface area contributed by atoms with E-state index in [2.05, 4.69) is 5.32 Å². The van der Waals surface area contributed by atoms with Gasteiger partial charge >= 0.3 is 6.18 Å². The monoisotopic (exact) mass is 252 g/mol. The summed E-state index contributed by atoms with van der Waals surface area (Å²) >= 11 is 0. The van der Waals surface area contributed by atoms with Crippen molar-refractivity contribution in [1.82, 2.24) is 10.2 Å². The minimum Gasteiger partial charge on any atom is -0.326 e. The van der Waals surface area contributed by atoms with Crippen LogP contribution in [0.5, 0.6) is 0 Å². The molecule has 1 rings (SSSR count). The quantitative estimate of drug-likeness (QED) is 0.760. The lowest BCUT2D eigenvalue weighted by molar-refractivity contribution is -0.136. The Balaban J connectivity index is 2.32. The van der Waals surface area contributed by atoms with Crippen LogP contribution in [-0.4, -0.2) is 36.2 Å². The second kappa shape index (κ2) is 5.71. The lowest BCUT2D eigenvalue weighted by Crippen LogP contribution is -2.41. The Morgan fingerprint density at radius 2 is 2.06 bits per heavy atom. The van der Waals surface area contributed by atoms with Crippen molar-refractivity contribution in [2.75, 3.05) is 13.1 Å². The van der Waals surface area contributed by atoms with Gasteiger partial charge in [-0.15, -0.1) is 0 Å². The Hall–Kier alpha value is -0.780. The number of alkyl halides is 3. The fraction of sp³-hybridized carbons (Fsp3) is 0.909. The van der Waals surface area contributed by atoms with Gasteiger partial charge in [0.1, 0.15) is 0 Å². The summed E-state index contributed by atoms with van der Waals surface area (Å²) in [6, 6.07) is 0. The molecule has 6 heteroatoms. The molecule has 0 spiro atoms. The maximum atomic E-state index is 11.9. The number of hydrogen-bond donors (Lipinski definition) is 1. The molecule has 1 unspecified atom stereocenters. The van der Waals surface area contributed by atoms with Crippen LogP contribution in [-0.2, 0) is 4.79 Å². The molecule has 0 bridgehead atoms. The highest BCUT2D eigenvalue weighted by Gasteiger charge is 2.32. The van der Waals surface area contributed by atoms with Crippen molar-refractivity contribution in [3.05, 3.63) is 0 Å². The first-order chi connectivity index (χ1) is 7.81. The third kappa shape index (κ3) is 4.53. The summed E-state index contributed by atoms with van der Waals surface area (Å²) in [5.41, 5.74) is 0. The topological polar surface area (TPSA) is 32.3 Å². The van der Waals surface area contributed by atoms with Gasteiger partial charge < -0.3 is 4.90 Å². The van der Waals surface area contributed by atoms with E-state index in [0.717, 1.165) is 0 Å². The molecule has 1 aliphatic heterocycles. The molecule has 17 heavy (non-hydrogen) atoms. The average Bonchev–Trinajstić information content (AvgIpc) is 2.53. The van der Waals surface area contributed by atoms with E-state index in [1.807, 2.05) is 13.8 Å². The van der Waals surface area contributed by atoms with Crippen molar-refractivity contribution in [1.29, 1.82) is 0 Å². The van der Waals surface area contributed by atoms with Gasteiger partial charge in [0.25, 0.3) is 0 Å². The van der Waals surface area contributed by atoms with Crippen LogP contribution >= 0.6 is 0 Å². The van der Waals surface area contributed by atoms with Gasteiger partial charge in [-0.1, -0.05) is 13.8 Å². The molecule has 0 aromatic carbocycles. The van der Waals surface area contributed by atoms with Crippen molar-refractivity contribution in [2.24, 2.45) is 5.92 Å². The molecule has 1 atom stereocenters. The Morgan fingerprint density at radius 1 is 1.41 bits per heavy atom. The lowest BCUT2D eigenvalue weighted by Gasteiger charge is -2.27. The van der Waals surface area contributed by atoms with Crippen LogP contribution in [0.25, 0.3) is 0 Å². The summed E-state index contributed by atoms with van der Waals surface area (Å²) in [6.45, 7) is 4.67. The summed E-state index contributed by atoms with van der Waals surface area (Å²) < 4.78 is 35.8. The maximum Gasteiger partial charge on any atom is 0.389 e. The number of hydrogen-bond acceptors (Lipinski definition) is 2. The van der Waals surface area contributed by atoms with Crippen LogP contribution in [0.4, 0.5) is 13.2 Å². The molecule has 1 amide bonds. The van der Waals surface area contributed by atoms with Crippen LogP contribution in [0.15, 0.2) is 0 Å². The molecule has 0 aliphatic carbocycles. The number of carbonyl (C=O) groups is 1. The average molecular weight is 252 g/mol. The zero-order valence-electron chi connectivity index (χ0n) is 10.2. The minimum absolute atomic E-state index is 0.0179. The third-order valence-electron chi connectivity index (χ3n) is 2.86. The van der Waals surface area contributed by atoms with Gasteiger partial charge in [-0.25, -0.2) is 0 Å². The molecule has 0 aromatic heterocycles. The van der Waals surface area contributed by atoms with Crippen molar-refractivity contribution in [3.8, 4) is 0 Å². The highest BCUT2D eigenvalue weighted by atomic mass is 19.4. The number of carbonyl (C=O) groups excluding carboxylic acids is 1. The van der Waals surface area contributed by atoms with Gasteiger partial charge in [-0.2, -0.15) is 13.2 Å². The fourth-order valence-corrected chi connectivity index (χ4v) is 2.03. The second-order valence-corrected chi connectivity index (χ2v) is 4.73. The summed E-state index contributed by atoms with van der Waals surface area (Å²) in [5.74, 6) is 0.250. The van der Waals surface area contributed by atoms with E-state index < -0.39 is 12.6 Å². The normalized spacial score (nSPS) is 21.6. The van der Waals surface area contributed by atoms with Gasteiger partial charge in [0, 0.05) is 13.0 Å². The minimum atomic E-state index is -4.09. The fourth-order valence-electron chi connectivity index (χ4n) is 2.03. The van der Waals surface area contributed by atoms with Gasteiger partial charge in [0.05, 0.1) is 12.7 Å². The third-order valence-corrected chi connectivity index (χ3v) is 2.86. The van der Waals surface area contributed by atoms with Crippen molar-refractivity contribution in [2.45, 2.75) is 45.5 Å². The van der Waals surface area contributed by atoms with Crippen LogP contribution in [0.2, 0.25) is 0 Å². The maximum absolute atomic E-state index is 11.9. The smallest absolute Gasteiger partial charge is 0.326 e. The molecular weight excluding hydrogens is 233 g/mol. The van der Waals surface area contributed by atoms with Crippen LogP contribution in [0.3, 0.4) is 0 Å². The van der Waals surface area contributed by atoms with Gasteiger partial charge in [0.15, 0.2) is 0 Å². The summed E-state index contributed by atoms with van der Waals surface area (Å²) in [5, 5.41) is 3.07. The Morgan fingerprint density at radius 3 is 2.59 bits per heavy atom. The standard InChI is InChI=1S/C11H19F3N2O/c1-8(2)10-15-7-9(17)16(10)6-4-3-5-11(12,13)14/h8,10,15H,3-7H2,1-2H3. The second-order valence-electron chi connectivity index (χ2n) is 4.73. The zero-order valence-corrected chi connectivity index (χ0v) is 10.2. The SMILES string of the molecule is CC(C)C1NCC(=O)N1CCCCC(F)(F)F. The molecule has 1 N–H and O–H groups in total. The molecule has 1 fully saturated rings. The first-order valence-corrected chi connectivity index (χ1v) is 5.91. The highest BCUT2D eigenvalue weighted by molar-refractivity contribution is 5.80. The van der Waals surface area contributed by atoms with E-state index >= 15 is 0 Å². The molecule has 0 saturated carbocycles. The largest absolute Gasteiger partial charge is 0.389 e.